The third-order valence-electron chi connectivity index (χ3n) is 3.64. The summed E-state index contributed by atoms with van der Waals surface area (Å²) in [6.07, 6.45) is 4.35. The third-order valence-corrected chi connectivity index (χ3v) is 3.64. The number of nitrogens with zero attached hydrogens (tertiary/aromatic N) is 2. The fourth-order valence-corrected chi connectivity index (χ4v) is 2.38. The number of halogens is 3. The van der Waals surface area contributed by atoms with Crippen molar-refractivity contribution in [1.82, 2.24) is 9.80 Å². The maximum atomic E-state index is 14.2. The molecule has 0 aliphatic heterocycles. The molecule has 1 atom stereocenters. The molecule has 1 unspecified atom stereocenters. The Labute approximate surface area is 119 Å². The van der Waals surface area contributed by atoms with Crippen molar-refractivity contribution in [2.24, 2.45) is 0 Å². The van der Waals surface area contributed by atoms with Crippen molar-refractivity contribution in [3.8, 4) is 0 Å². The van der Waals surface area contributed by atoms with Gasteiger partial charge in [-0.2, -0.15) is 0 Å². The van der Waals surface area contributed by atoms with Gasteiger partial charge in [0.2, 0.25) is 0 Å². The lowest BCUT2D eigenvalue weighted by atomic mass is 9.96. The van der Waals surface area contributed by atoms with Gasteiger partial charge in [-0.05, 0) is 33.5 Å². The van der Waals surface area contributed by atoms with Gasteiger partial charge in [-0.1, -0.05) is 19.1 Å². The lowest BCUT2D eigenvalue weighted by Gasteiger charge is -2.31. The van der Waals surface area contributed by atoms with Crippen LogP contribution in [-0.4, -0.2) is 55.5 Å². The molecule has 0 saturated carbocycles. The summed E-state index contributed by atoms with van der Waals surface area (Å²) < 4.78 is 40.9. The summed E-state index contributed by atoms with van der Waals surface area (Å²) in [6.45, 7) is 5.28. The van der Waals surface area contributed by atoms with Crippen LogP contribution < -0.4 is 0 Å². The summed E-state index contributed by atoms with van der Waals surface area (Å²) in [4.78, 5) is 3.98. The maximum absolute atomic E-state index is 14.2. The molecule has 0 aromatic heterocycles. The smallest absolute Gasteiger partial charge is 0.273 e. The van der Waals surface area contributed by atoms with Gasteiger partial charge in [-0.25, -0.2) is 13.2 Å². The van der Waals surface area contributed by atoms with E-state index in [0.29, 0.717) is 13.0 Å². The zero-order chi connectivity index (χ0) is 15.3. The zero-order valence-corrected chi connectivity index (χ0v) is 12.8. The van der Waals surface area contributed by atoms with E-state index in [4.69, 9.17) is 0 Å². The molecule has 2 nitrogen and oxygen atoms in total. The van der Waals surface area contributed by atoms with E-state index in [9.17, 15) is 13.2 Å². The molecule has 0 radical (unpaired) electrons. The molecule has 0 fully saturated rings. The largest absolute Gasteiger partial charge is 0.305 e. The van der Waals surface area contributed by atoms with E-state index in [1.807, 2.05) is 11.9 Å². The number of likely N-dealkylation sites (N-methyl/N-ethyl adjacent to an activating group) is 2. The van der Waals surface area contributed by atoms with Crippen molar-refractivity contribution in [2.75, 3.05) is 33.7 Å². The van der Waals surface area contributed by atoms with Crippen LogP contribution in [0, 0.1) is 0 Å². The molecule has 0 aromatic carbocycles. The predicted molar refractivity (Wildman–Crippen MR) is 76.7 cm³/mol. The average Bonchev–Trinajstić information content (AvgIpc) is 2.35. The van der Waals surface area contributed by atoms with Crippen LogP contribution in [0.3, 0.4) is 0 Å². The third kappa shape index (κ3) is 4.63. The zero-order valence-electron chi connectivity index (χ0n) is 12.8. The van der Waals surface area contributed by atoms with E-state index in [-0.39, 0.29) is 0 Å². The summed E-state index contributed by atoms with van der Waals surface area (Å²) in [5.41, 5.74) is -0.484. The van der Waals surface area contributed by atoms with Crippen molar-refractivity contribution in [3.63, 3.8) is 0 Å². The van der Waals surface area contributed by atoms with E-state index in [1.54, 1.807) is 13.1 Å². The monoisotopic (exact) mass is 290 g/mol. The van der Waals surface area contributed by atoms with Gasteiger partial charge in [-0.15, -0.1) is 0 Å². The Bertz CT molecular complexity index is 372. The fourth-order valence-electron chi connectivity index (χ4n) is 2.38. The van der Waals surface area contributed by atoms with Gasteiger partial charge >= 0.3 is 0 Å². The van der Waals surface area contributed by atoms with E-state index < -0.39 is 23.4 Å². The van der Waals surface area contributed by atoms with E-state index >= 15 is 0 Å². The van der Waals surface area contributed by atoms with Gasteiger partial charge in [0.1, 0.15) is 5.83 Å². The molecule has 0 aromatic rings. The average molecular weight is 290 g/mol. The van der Waals surface area contributed by atoms with Crippen LogP contribution in [0.4, 0.5) is 13.2 Å². The lowest BCUT2D eigenvalue weighted by Crippen LogP contribution is -2.39. The first kappa shape index (κ1) is 17.2. The van der Waals surface area contributed by atoms with Crippen LogP contribution in [0.15, 0.2) is 23.6 Å². The molecule has 1 rings (SSSR count). The highest BCUT2D eigenvalue weighted by Crippen LogP contribution is 2.34. The van der Waals surface area contributed by atoms with E-state index in [0.717, 1.165) is 26.4 Å². The van der Waals surface area contributed by atoms with Crippen molar-refractivity contribution >= 4 is 0 Å². The predicted octanol–water partition coefficient (Wildman–Crippen LogP) is 3.47. The number of hydrogen-bond acceptors (Lipinski definition) is 2. The van der Waals surface area contributed by atoms with Crippen LogP contribution in [-0.2, 0) is 0 Å². The standard InChI is InChI=1S/C15H25F3N2/c1-5-9-19(3)10-11-20(4)13-8-6-7-12(14(13)16)15(2,17)18/h6-7,13H,5,8-11H2,1-4H3. The highest BCUT2D eigenvalue weighted by Gasteiger charge is 2.35. The minimum absolute atomic E-state index is 0.444. The normalized spacial score (nSPS) is 20.4. The minimum atomic E-state index is -3.13. The Morgan fingerprint density at radius 2 is 1.90 bits per heavy atom. The highest BCUT2D eigenvalue weighted by molar-refractivity contribution is 5.34. The lowest BCUT2D eigenvalue weighted by molar-refractivity contribution is 0.0610. The van der Waals surface area contributed by atoms with Gasteiger partial charge in [0.15, 0.2) is 0 Å². The fraction of sp³-hybridized carbons (Fsp3) is 0.733. The molecular formula is C15H25F3N2. The Hall–Kier alpha value is -0.810. The maximum Gasteiger partial charge on any atom is 0.273 e. The van der Waals surface area contributed by atoms with Crippen LogP contribution in [0.2, 0.25) is 0 Å². The molecule has 0 bridgehead atoms. The van der Waals surface area contributed by atoms with Crippen molar-refractivity contribution < 1.29 is 13.2 Å². The highest BCUT2D eigenvalue weighted by atomic mass is 19.3. The van der Waals surface area contributed by atoms with Crippen LogP contribution in [0.5, 0.6) is 0 Å². The molecule has 1 aliphatic rings. The van der Waals surface area contributed by atoms with Gasteiger partial charge in [0.25, 0.3) is 5.92 Å². The van der Waals surface area contributed by atoms with Gasteiger partial charge in [-0.3, -0.25) is 4.90 Å². The molecular weight excluding hydrogens is 265 g/mol. The summed E-state index contributed by atoms with van der Waals surface area (Å²) in [5, 5.41) is 0. The van der Waals surface area contributed by atoms with Crippen molar-refractivity contribution in [3.05, 3.63) is 23.6 Å². The number of rotatable bonds is 7. The van der Waals surface area contributed by atoms with Crippen LogP contribution in [0.25, 0.3) is 0 Å². The number of alkyl halides is 2. The summed E-state index contributed by atoms with van der Waals surface area (Å²) in [6, 6.07) is -0.573. The van der Waals surface area contributed by atoms with Crippen molar-refractivity contribution in [1.29, 1.82) is 0 Å². The van der Waals surface area contributed by atoms with Crippen molar-refractivity contribution in [2.45, 2.75) is 38.7 Å². The molecule has 0 saturated heterocycles. The molecule has 20 heavy (non-hydrogen) atoms. The van der Waals surface area contributed by atoms with Crippen LogP contribution >= 0.6 is 0 Å². The first-order chi connectivity index (χ1) is 9.27. The number of hydrogen-bond donors (Lipinski definition) is 0. The SMILES string of the molecule is CCCN(C)CCN(C)C1CC=CC(C(C)(F)F)=C1F. The molecule has 0 heterocycles. The van der Waals surface area contributed by atoms with Gasteiger partial charge in [0, 0.05) is 20.0 Å². The molecule has 1 aliphatic carbocycles. The minimum Gasteiger partial charge on any atom is -0.305 e. The Kier molecular flexibility index (Phi) is 6.27. The first-order valence-corrected chi connectivity index (χ1v) is 7.10. The van der Waals surface area contributed by atoms with E-state index in [2.05, 4.69) is 11.8 Å². The summed E-state index contributed by atoms with van der Waals surface area (Å²) in [5.74, 6) is -3.82. The second-order valence-electron chi connectivity index (χ2n) is 5.59. The van der Waals surface area contributed by atoms with E-state index in [1.165, 1.54) is 6.08 Å². The second-order valence-corrected chi connectivity index (χ2v) is 5.59. The summed E-state index contributed by atoms with van der Waals surface area (Å²) in [7, 11) is 3.80. The van der Waals surface area contributed by atoms with Gasteiger partial charge in [0.05, 0.1) is 11.6 Å². The molecule has 0 amide bonds. The first-order valence-electron chi connectivity index (χ1n) is 7.10. The molecule has 0 spiro atoms. The Morgan fingerprint density at radius 1 is 1.25 bits per heavy atom. The summed E-state index contributed by atoms with van der Waals surface area (Å²) >= 11 is 0. The molecule has 5 heteroatoms. The van der Waals surface area contributed by atoms with Gasteiger partial charge < -0.3 is 4.90 Å². The van der Waals surface area contributed by atoms with Crippen LogP contribution in [0.1, 0.15) is 26.7 Å². The second kappa shape index (κ2) is 7.27. The topological polar surface area (TPSA) is 6.48 Å². The molecule has 116 valence electrons. The quantitative estimate of drug-likeness (QED) is 0.708. The molecule has 0 N–H and O–H groups in total. The number of allylic oxidation sites excluding steroid dienone is 2. The Morgan fingerprint density at radius 3 is 2.45 bits per heavy atom. The Balaban J connectivity index is 2.67.